The summed E-state index contributed by atoms with van der Waals surface area (Å²) in [4.78, 5) is 39.2. The van der Waals surface area contributed by atoms with Crippen LogP contribution in [0.4, 0.5) is 10.8 Å². The Kier molecular flexibility index (Phi) is 6.19. The van der Waals surface area contributed by atoms with Gasteiger partial charge in [0.05, 0.1) is 5.25 Å². The molecule has 1 aliphatic rings. The maximum absolute atomic E-state index is 12.9. The molecule has 7 nitrogen and oxygen atoms in total. The van der Waals surface area contributed by atoms with Crippen LogP contribution in [0.3, 0.4) is 0 Å². The average Bonchev–Trinajstić information content (AvgIpc) is 3.18. The molecule has 1 aromatic carbocycles. The van der Waals surface area contributed by atoms with Crippen molar-refractivity contribution < 1.29 is 9.59 Å². The zero-order valence-corrected chi connectivity index (χ0v) is 18.5. The molecule has 2 aromatic heterocycles. The van der Waals surface area contributed by atoms with Crippen LogP contribution in [-0.2, 0) is 9.59 Å². The zero-order valence-electron chi connectivity index (χ0n) is 16.9. The average molecular weight is 442 g/mol. The van der Waals surface area contributed by atoms with Gasteiger partial charge < -0.3 is 15.1 Å². The standard InChI is InChI=1S/C21H23N5O2S2/c1-14(29-17-7-5-16(6-8-17)23-15(2)27)20(28)25-10-12-26(13-11-25)21-24-18-4-3-9-22-19(18)30-21/h3-9,14H,10-13H2,1-2H3,(H,23,27). The highest BCUT2D eigenvalue weighted by atomic mass is 32.2. The Labute approximate surface area is 183 Å². The monoisotopic (exact) mass is 441 g/mol. The number of nitrogens with zero attached hydrogens (tertiary/aromatic N) is 4. The van der Waals surface area contributed by atoms with Crippen LogP contribution in [0.25, 0.3) is 10.3 Å². The number of piperazine rings is 1. The summed E-state index contributed by atoms with van der Waals surface area (Å²) < 4.78 is 0. The highest BCUT2D eigenvalue weighted by molar-refractivity contribution is 8.00. The molecule has 2 amide bonds. The van der Waals surface area contributed by atoms with Crippen molar-refractivity contribution in [3.8, 4) is 0 Å². The number of fused-ring (bicyclic) bond motifs is 1. The molecule has 1 aliphatic heterocycles. The number of benzene rings is 1. The molecule has 0 bridgehead atoms. The predicted octanol–water partition coefficient (Wildman–Crippen LogP) is 3.48. The van der Waals surface area contributed by atoms with E-state index in [0.29, 0.717) is 13.1 Å². The van der Waals surface area contributed by atoms with Gasteiger partial charge in [-0.1, -0.05) is 11.3 Å². The van der Waals surface area contributed by atoms with Crippen LogP contribution in [0, 0.1) is 0 Å². The van der Waals surface area contributed by atoms with Crippen molar-refractivity contribution in [2.75, 3.05) is 36.4 Å². The minimum atomic E-state index is -0.171. The minimum absolute atomic E-state index is 0.0970. The topological polar surface area (TPSA) is 78.4 Å². The second kappa shape index (κ2) is 9.01. The van der Waals surface area contributed by atoms with Gasteiger partial charge in [0.2, 0.25) is 11.8 Å². The van der Waals surface area contributed by atoms with E-state index in [9.17, 15) is 9.59 Å². The van der Waals surface area contributed by atoms with Gasteiger partial charge in [-0.15, -0.1) is 11.8 Å². The first-order chi connectivity index (χ1) is 14.5. The van der Waals surface area contributed by atoms with Crippen LogP contribution in [0.5, 0.6) is 0 Å². The molecule has 3 aromatic rings. The number of thiazole rings is 1. The number of carbonyl (C=O) groups excluding carboxylic acids is 2. The third kappa shape index (κ3) is 4.73. The third-order valence-electron chi connectivity index (χ3n) is 4.85. The van der Waals surface area contributed by atoms with Crippen molar-refractivity contribution in [3.63, 3.8) is 0 Å². The first-order valence-corrected chi connectivity index (χ1v) is 11.5. The van der Waals surface area contributed by atoms with E-state index < -0.39 is 0 Å². The van der Waals surface area contributed by atoms with Crippen LogP contribution >= 0.6 is 23.1 Å². The van der Waals surface area contributed by atoms with Gasteiger partial charge in [0.25, 0.3) is 0 Å². The molecule has 9 heteroatoms. The van der Waals surface area contributed by atoms with E-state index in [0.717, 1.165) is 39.2 Å². The van der Waals surface area contributed by atoms with E-state index in [4.69, 9.17) is 0 Å². The van der Waals surface area contributed by atoms with Gasteiger partial charge in [-0.05, 0) is 43.3 Å². The molecule has 156 valence electrons. The van der Waals surface area contributed by atoms with Gasteiger partial charge in [0.1, 0.15) is 10.3 Å². The van der Waals surface area contributed by atoms with Crippen molar-refractivity contribution in [2.24, 2.45) is 0 Å². The quantitative estimate of drug-likeness (QED) is 0.611. The molecule has 1 atom stereocenters. The molecule has 3 heterocycles. The lowest BCUT2D eigenvalue weighted by Crippen LogP contribution is -2.50. The normalized spacial score (nSPS) is 15.3. The van der Waals surface area contributed by atoms with Crippen LogP contribution < -0.4 is 10.2 Å². The number of aromatic nitrogens is 2. The highest BCUT2D eigenvalue weighted by Crippen LogP contribution is 2.29. The van der Waals surface area contributed by atoms with Gasteiger partial charge in [-0.2, -0.15) is 0 Å². The molecule has 0 spiro atoms. The van der Waals surface area contributed by atoms with Crippen LogP contribution in [-0.4, -0.2) is 58.1 Å². The van der Waals surface area contributed by atoms with Crippen LogP contribution in [0.1, 0.15) is 13.8 Å². The Balaban J connectivity index is 1.31. The first kappa shape index (κ1) is 20.6. The first-order valence-electron chi connectivity index (χ1n) is 9.79. The second-order valence-corrected chi connectivity index (χ2v) is 9.47. The lowest BCUT2D eigenvalue weighted by atomic mass is 10.3. The summed E-state index contributed by atoms with van der Waals surface area (Å²) in [6, 6.07) is 11.4. The number of hydrogen-bond acceptors (Lipinski definition) is 7. The van der Waals surface area contributed by atoms with Crippen molar-refractivity contribution in [1.82, 2.24) is 14.9 Å². The van der Waals surface area contributed by atoms with E-state index in [1.165, 1.54) is 18.7 Å². The number of nitrogens with one attached hydrogen (secondary N) is 1. The van der Waals surface area contributed by atoms with Crippen molar-refractivity contribution in [1.29, 1.82) is 0 Å². The van der Waals surface area contributed by atoms with E-state index in [1.54, 1.807) is 17.5 Å². The van der Waals surface area contributed by atoms with E-state index >= 15 is 0 Å². The smallest absolute Gasteiger partial charge is 0.235 e. The molecule has 0 radical (unpaired) electrons. The summed E-state index contributed by atoms with van der Waals surface area (Å²) in [6.07, 6.45) is 1.79. The summed E-state index contributed by atoms with van der Waals surface area (Å²) in [7, 11) is 0. The van der Waals surface area contributed by atoms with Gasteiger partial charge in [0, 0.05) is 49.9 Å². The highest BCUT2D eigenvalue weighted by Gasteiger charge is 2.26. The van der Waals surface area contributed by atoms with E-state index in [-0.39, 0.29) is 17.1 Å². The number of rotatable bonds is 5. The summed E-state index contributed by atoms with van der Waals surface area (Å²) in [6.45, 7) is 6.35. The van der Waals surface area contributed by atoms with Crippen molar-refractivity contribution in [3.05, 3.63) is 42.6 Å². The molecular formula is C21H23N5O2S2. The van der Waals surface area contributed by atoms with Gasteiger partial charge in [-0.3, -0.25) is 9.59 Å². The van der Waals surface area contributed by atoms with Crippen molar-refractivity contribution >= 4 is 56.1 Å². The molecule has 1 fully saturated rings. The number of thioether (sulfide) groups is 1. The number of hydrogen-bond donors (Lipinski definition) is 1. The molecule has 30 heavy (non-hydrogen) atoms. The Morgan fingerprint density at radius 2 is 1.87 bits per heavy atom. The number of anilines is 2. The Morgan fingerprint density at radius 1 is 1.13 bits per heavy atom. The van der Waals surface area contributed by atoms with Gasteiger partial charge in [-0.25, -0.2) is 9.97 Å². The predicted molar refractivity (Wildman–Crippen MR) is 122 cm³/mol. The fourth-order valence-electron chi connectivity index (χ4n) is 3.34. The third-order valence-corrected chi connectivity index (χ3v) is 6.99. The van der Waals surface area contributed by atoms with Gasteiger partial charge >= 0.3 is 0 Å². The Hall–Kier alpha value is -2.65. The van der Waals surface area contributed by atoms with Gasteiger partial charge in [0.15, 0.2) is 5.13 Å². The molecular weight excluding hydrogens is 418 g/mol. The van der Waals surface area contributed by atoms with Crippen LogP contribution in [0.15, 0.2) is 47.5 Å². The minimum Gasteiger partial charge on any atom is -0.344 e. The van der Waals surface area contributed by atoms with E-state index in [1.807, 2.05) is 48.2 Å². The summed E-state index contributed by atoms with van der Waals surface area (Å²) in [5, 5.41) is 3.55. The van der Waals surface area contributed by atoms with Crippen molar-refractivity contribution in [2.45, 2.75) is 24.0 Å². The molecule has 4 rings (SSSR count). The second-order valence-electron chi connectivity index (χ2n) is 7.10. The SMILES string of the molecule is CC(=O)Nc1ccc(SC(C)C(=O)N2CCN(c3nc4cccnc4s3)CC2)cc1. The Morgan fingerprint density at radius 3 is 2.53 bits per heavy atom. The fourth-order valence-corrected chi connectivity index (χ4v) is 5.26. The van der Waals surface area contributed by atoms with E-state index in [2.05, 4.69) is 20.2 Å². The molecule has 1 saturated heterocycles. The number of carbonyl (C=O) groups is 2. The fraction of sp³-hybridized carbons (Fsp3) is 0.333. The zero-order chi connectivity index (χ0) is 21.1. The summed E-state index contributed by atoms with van der Waals surface area (Å²) in [5.41, 5.74) is 1.68. The lowest BCUT2D eigenvalue weighted by molar-refractivity contribution is -0.130. The molecule has 1 unspecified atom stereocenters. The Bertz CT molecular complexity index is 1010. The summed E-state index contributed by atoms with van der Waals surface area (Å²) in [5.74, 6) is 0.0526. The maximum Gasteiger partial charge on any atom is 0.235 e. The van der Waals surface area contributed by atoms with Crippen LogP contribution in [0.2, 0.25) is 0 Å². The summed E-state index contributed by atoms with van der Waals surface area (Å²) >= 11 is 3.13. The molecule has 0 saturated carbocycles. The lowest BCUT2D eigenvalue weighted by Gasteiger charge is -2.35. The molecule has 1 N–H and O–H groups in total. The number of pyridine rings is 1. The largest absolute Gasteiger partial charge is 0.344 e. The molecule has 0 aliphatic carbocycles. The maximum atomic E-state index is 12.9. The number of amides is 2.